The Morgan fingerprint density at radius 1 is 0.227 bits per heavy atom. The van der Waals surface area contributed by atoms with E-state index in [2.05, 4.69) is 47.9 Å². The SMILES string of the molecule is Cn1cc(NC(=O)CC(CC(=O)Nc2cc(C(=O)Nc3cc(C(=O)Nc4cc(S(=O)(=O)O)c5cc(S(=O)(=O)O)cc(S(=O)(=O)O)c5c4)n(C)c3)n(C)c2)C(=O)Nc2cc(C(=O)Nc3cc(C(=O)Nc4cc(S(=O)(=O)O)c5cc(S(=O)(=O)O)cc(S(=O)(=O)O)c5c4)n(C)c3)n(C)c2)cc1C(=O)Nc1cc(C(=O)Nc2cc(S(=O)(=O)O)c3cc(S(=O)(=O)O)cc(S(=O)(=O)O)c3c2)n(C)c1. The number of fused-ring (bicyclic) bond motifs is 3. The molecule has 6 heterocycles. The van der Waals surface area contributed by atoms with E-state index in [4.69, 9.17) is 0 Å². The summed E-state index contributed by atoms with van der Waals surface area (Å²) < 4.78 is 319. The Balaban J connectivity index is 0.761. The summed E-state index contributed by atoms with van der Waals surface area (Å²) >= 11 is 0. The topological polar surface area (TPSA) is 781 Å². The molecule has 0 aliphatic heterocycles. The summed E-state index contributed by atoms with van der Waals surface area (Å²) in [4.78, 5) is 115. The van der Waals surface area contributed by atoms with Crippen molar-refractivity contribution < 1.29 is 160 Å². The predicted octanol–water partition coefficient (Wildman–Crippen LogP) is 4.52. The minimum absolute atomic E-state index is 0.0978. The van der Waals surface area contributed by atoms with Crippen molar-refractivity contribution in [3.63, 3.8) is 0 Å². The zero-order valence-corrected chi connectivity index (χ0v) is 74.6. The molecule has 0 radical (unpaired) electrons. The lowest BCUT2D eigenvalue weighted by atomic mass is 9.99. The van der Waals surface area contributed by atoms with E-state index in [1.807, 2.05) is 0 Å². The van der Waals surface area contributed by atoms with E-state index in [0.717, 1.165) is 68.3 Å². The number of carbonyl (C=O) groups is 9. The fourth-order valence-corrected chi connectivity index (χ4v) is 19.9. The second-order valence-corrected chi connectivity index (χ2v) is 41.6. The minimum atomic E-state index is -5.46. The van der Waals surface area contributed by atoms with Gasteiger partial charge in [-0.25, -0.2) is 0 Å². The highest BCUT2D eigenvalue weighted by atomic mass is 32.3. The zero-order chi connectivity index (χ0) is 97.8. The van der Waals surface area contributed by atoms with Crippen LogP contribution in [0, 0.1) is 5.92 Å². The highest BCUT2D eigenvalue weighted by molar-refractivity contribution is 7.88. The molecule has 132 heavy (non-hydrogen) atoms. The van der Waals surface area contributed by atoms with Crippen molar-refractivity contribution in [2.24, 2.45) is 48.2 Å². The van der Waals surface area contributed by atoms with Gasteiger partial charge in [-0.2, -0.15) is 75.8 Å². The van der Waals surface area contributed by atoms with Crippen molar-refractivity contribution >= 4 is 228 Å². The van der Waals surface area contributed by atoms with E-state index in [9.17, 15) is 160 Å². The monoisotopic (exact) mass is 2000 g/mol. The van der Waals surface area contributed by atoms with Crippen LogP contribution in [0.15, 0.2) is 190 Å². The lowest BCUT2D eigenvalue weighted by Crippen LogP contribution is -2.30. The van der Waals surface area contributed by atoms with Crippen molar-refractivity contribution in [3.8, 4) is 0 Å². The fourth-order valence-electron chi connectivity index (χ4n) is 13.8. The van der Waals surface area contributed by atoms with Crippen LogP contribution < -0.4 is 47.9 Å². The Bertz CT molecular complexity index is 7940. The van der Waals surface area contributed by atoms with Gasteiger partial charge in [-0.3, -0.25) is 84.1 Å². The van der Waals surface area contributed by atoms with Crippen molar-refractivity contribution in [1.82, 2.24) is 27.4 Å². The van der Waals surface area contributed by atoms with Gasteiger partial charge in [0.1, 0.15) is 63.5 Å². The molecule has 0 unspecified atom stereocenters. The maximum atomic E-state index is 14.6. The van der Waals surface area contributed by atoms with Gasteiger partial charge in [-0.1, -0.05) is 0 Å². The molecule has 18 N–H and O–H groups in total. The van der Waals surface area contributed by atoms with Crippen LogP contribution in [-0.2, 0) is 148 Å². The summed E-state index contributed by atoms with van der Waals surface area (Å²) in [5.41, 5.74) is -3.90. The predicted molar refractivity (Wildman–Crippen MR) is 459 cm³/mol. The molecule has 0 atom stereocenters. The van der Waals surface area contributed by atoms with Crippen molar-refractivity contribution in [2.75, 3.05) is 47.9 Å². The third kappa shape index (κ3) is 21.4. The second-order valence-electron chi connectivity index (χ2n) is 29.0. The van der Waals surface area contributed by atoms with Crippen LogP contribution >= 0.6 is 0 Å². The molecule has 51 nitrogen and oxygen atoms in total. The Morgan fingerprint density at radius 3 is 0.598 bits per heavy atom. The van der Waals surface area contributed by atoms with E-state index < -0.39 is 256 Å². The molecule has 9 amide bonds. The summed E-state index contributed by atoms with van der Waals surface area (Å²) in [6.07, 6.45) is 5.59. The Kier molecular flexibility index (Phi) is 25.7. The van der Waals surface area contributed by atoms with Crippen LogP contribution in [0.25, 0.3) is 32.3 Å². The first kappa shape index (κ1) is 97.3. The number of amides is 9. The summed E-state index contributed by atoms with van der Waals surface area (Å²) in [5, 5.41) is 17.1. The van der Waals surface area contributed by atoms with E-state index in [1.54, 1.807) is 0 Å². The van der Waals surface area contributed by atoms with Gasteiger partial charge >= 0.3 is 0 Å². The van der Waals surface area contributed by atoms with Gasteiger partial charge in [-0.15, -0.1) is 0 Å². The molecule has 12 aromatic rings. The summed E-state index contributed by atoms with van der Waals surface area (Å²) in [6.45, 7) is 0. The smallest absolute Gasteiger partial charge is 0.295 e. The normalized spacial score (nSPS) is 12.5. The number of carbonyl (C=O) groups excluding carboxylic acids is 9. The van der Waals surface area contributed by atoms with Gasteiger partial charge < -0.3 is 75.3 Å². The number of nitrogens with one attached hydrogen (secondary N) is 9. The number of hydrogen-bond acceptors (Lipinski definition) is 27. The number of hydrogen-bond donors (Lipinski definition) is 18. The second kappa shape index (κ2) is 34.8. The van der Waals surface area contributed by atoms with E-state index in [1.165, 1.54) is 93.2 Å². The van der Waals surface area contributed by atoms with Gasteiger partial charge in [0.25, 0.3) is 127 Å². The zero-order valence-electron chi connectivity index (χ0n) is 67.3. The third-order valence-corrected chi connectivity index (χ3v) is 27.4. The van der Waals surface area contributed by atoms with Crippen LogP contribution in [0.2, 0.25) is 0 Å². The lowest BCUT2D eigenvalue weighted by Gasteiger charge is -2.16. The van der Waals surface area contributed by atoms with E-state index >= 15 is 0 Å². The molecule has 0 aliphatic carbocycles. The van der Waals surface area contributed by atoms with Crippen LogP contribution in [0.5, 0.6) is 0 Å². The quantitative estimate of drug-likeness (QED) is 0.0286. The van der Waals surface area contributed by atoms with Gasteiger partial charge in [0.05, 0.1) is 54.7 Å². The lowest BCUT2D eigenvalue weighted by molar-refractivity contribution is -0.127. The van der Waals surface area contributed by atoms with E-state index in [0.29, 0.717) is 36.4 Å². The third-order valence-electron chi connectivity index (χ3n) is 19.5. The van der Waals surface area contributed by atoms with Crippen molar-refractivity contribution in [1.29, 1.82) is 0 Å². The van der Waals surface area contributed by atoms with Crippen molar-refractivity contribution in [3.05, 3.63) is 181 Å². The minimum Gasteiger partial charge on any atom is -0.344 e. The number of aromatic nitrogens is 6. The molecular formula is C72H65N15O36S9. The summed E-state index contributed by atoms with van der Waals surface area (Å²) in [5.74, 6) is -10.8. The van der Waals surface area contributed by atoms with Crippen LogP contribution in [0.4, 0.5) is 51.2 Å². The Morgan fingerprint density at radius 2 is 0.402 bits per heavy atom. The first-order valence-corrected chi connectivity index (χ1v) is 49.0. The molecule has 0 saturated carbocycles. The van der Waals surface area contributed by atoms with Crippen LogP contribution in [0.3, 0.4) is 0 Å². The van der Waals surface area contributed by atoms with Gasteiger partial charge in [-0.05, 0) is 109 Å². The molecule has 0 bridgehead atoms. The van der Waals surface area contributed by atoms with Gasteiger partial charge in [0.2, 0.25) is 17.7 Å². The number of benzene rings is 6. The first-order chi connectivity index (χ1) is 60.7. The number of nitrogens with zero attached hydrogens (tertiary/aromatic N) is 6. The standard InChI is InChI=1S/C72H65N15O36S9/c1-82-27-37(12-52(82)70(94)79-40-15-54(85(4)30-40)67(91)75-34-9-46-49(58(18-34)127(106,107)108)21-43(124(97,98)99)24-61(46)130(115,116)117)73-64(88)7-33(66(90)78-39-14-57(84(3)29-39)72(96)81-42-17-56(87(6)32-42)69(93)77-36-11-48-51(60(20-36)129(112,113)114)23-45(126(103,104)105)26-63(48)132(121,122)123)8-65(89)74-38-13-53(83(2)28-38)71(95)80-41-16-55(86(5)31-41)68(92)76-35-10-47-50(59(19-35)128(109,110)111)22-44(125(100,101)102)25-62(47)131(118,119)120/h9-33H,7-8H2,1-6H3,(H,73,88)(H,74,89)(H,75,91)(H,76,92)(H,77,93)(H,78,90)(H,79,94)(H,80,95)(H,81,96)(H,97,98,99)(H,100,101,102)(H,103,104,105)(H,106,107,108)(H,109,110,111)(H,112,113,114)(H,115,116,117)(H,118,119,120)(H,121,122,123). The maximum absolute atomic E-state index is 14.6. The highest BCUT2D eigenvalue weighted by Gasteiger charge is 2.34. The van der Waals surface area contributed by atoms with Crippen LogP contribution in [-0.4, -0.2) is 197 Å². The molecule has 0 aliphatic rings. The van der Waals surface area contributed by atoms with Crippen LogP contribution in [0.1, 0.15) is 75.8 Å². The molecule has 12 rings (SSSR count). The largest absolute Gasteiger partial charge is 0.344 e. The van der Waals surface area contributed by atoms with E-state index in [-0.39, 0.29) is 86.5 Å². The first-order valence-electron chi connectivity index (χ1n) is 36.1. The molecule has 0 spiro atoms. The van der Waals surface area contributed by atoms with Gasteiger partial charge in [0.15, 0.2) is 0 Å². The molecule has 0 fully saturated rings. The Hall–Kier alpha value is -13.8. The fraction of sp³-hybridized carbons (Fsp3) is 0.125. The molecule has 698 valence electrons. The molecule has 6 aromatic heterocycles. The number of rotatable bonds is 29. The van der Waals surface area contributed by atoms with Gasteiger partial charge in [0, 0.05) is 142 Å². The maximum Gasteiger partial charge on any atom is 0.295 e. The summed E-state index contributed by atoms with van der Waals surface area (Å²) in [6, 6.07) is 13.1. The average molecular weight is 2000 g/mol. The number of aryl methyl sites for hydroxylation is 6. The molecular weight excluding hydrogens is 1940 g/mol. The highest BCUT2D eigenvalue weighted by Crippen LogP contribution is 2.40. The molecule has 6 aromatic carbocycles. The van der Waals surface area contributed by atoms with Crippen molar-refractivity contribution in [2.45, 2.75) is 56.9 Å². The summed E-state index contributed by atoms with van der Waals surface area (Å²) in [7, 11) is -40.5. The average Bonchev–Trinajstić information content (AvgIpc) is 1.46. The molecule has 0 saturated heterocycles. The molecule has 60 heteroatoms. The Labute approximate surface area is 743 Å². The number of anilines is 9.